The molecular weight excluding hydrogens is 493 g/mol. The van der Waals surface area contributed by atoms with Crippen LogP contribution >= 0.6 is 0 Å². The summed E-state index contributed by atoms with van der Waals surface area (Å²) in [5, 5.41) is 2.93. The highest BCUT2D eigenvalue weighted by atomic mass is 19.4. The number of carbonyl (C=O) groups is 2. The summed E-state index contributed by atoms with van der Waals surface area (Å²) >= 11 is 0. The number of rotatable bonds is 7. The molecule has 3 aromatic carbocycles. The van der Waals surface area contributed by atoms with Gasteiger partial charge in [-0.1, -0.05) is 38.1 Å². The van der Waals surface area contributed by atoms with E-state index in [0.717, 1.165) is 49.6 Å². The topological polar surface area (TPSA) is 78.7 Å². The summed E-state index contributed by atoms with van der Waals surface area (Å²) in [6, 6.07) is 17.8. The van der Waals surface area contributed by atoms with E-state index in [1.54, 1.807) is 12.1 Å². The van der Waals surface area contributed by atoms with E-state index in [9.17, 15) is 22.8 Å². The van der Waals surface area contributed by atoms with Crippen LogP contribution < -0.4 is 16.0 Å². The molecule has 6 nitrogen and oxygen atoms in total. The first-order chi connectivity index (χ1) is 18.0. The van der Waals surface area contributed by atoms with Gasteiger partial charge in [-0.05, 0) is 65.1 Å². The largest absolute Gasteiger partial charge is 0.416 e. The number of piperazine rings is 1. The summed E-state index contributed by atoms with van der Waals surface area (Å²) in [7, 11) is 0. The molecule has 1 fully saturated rings. The quantitative estimate of drug-likeness (QED) is 0.437. The van der Waals surface area contributed by atoms with Crippen LogP contribution in [0.3, 0.4) is 0 Å². The molecule has 3 N–H and O–H groups in total. The first kappa shape index (κ1) is 27.2. The molecule has 0 saturated carbocycles. The Labute approximate surface area is 220 Å². The Morgan fingerprint density at radius 2 is 1.55 bits per heavy atom. The Morgan fingerprint density at radius 3 is 2.11 bits per heavy atom. The third-order valence-electron chi connectivity index (χ3n) is 6.71. The molecule has 2 amide bonds. The van der Waals surface area contributed by atoms with Crippen LogP contribution in [-0.2, 0) is 11.0 Å². The fourth-order valence-corrected chi connectivity index (χ4v) is 4.73. The molecule has 1 aliphatic rings. The Morgan fingerprint density at radius 1 is 0.921 bits per heavy atom. The fraction of sp³-hybridized carbons (Fsp3) is 0.310. The summed E-state index contributed by atoms with van der Waals surface area (Å²) in [5.41, 5.74) is 8.62. The van der Waals surface area contributed by atoms with Crippen molar-refractivity contribution in [3.8, 4) is 11.1 Å². The van der Waals surface area contributed by atoms with E-state index in [1.807, 2.05) is 49.1 Å². The molecule has 0 aliphatic carbocycles. The second-order valence-corrected chi connectivity index (χ2v) is 9.73. The highest BCUT2D eigenvalue weighted by Crippen LogP contribution is 2.36. The van der Waals surface area contributed by atoms with Crippen molar-refractivity contribution >= 4 is 23.2 Å². The van der Waals surface area contributed by atoms with Crippen LogP contribution in [0.1, 0.15) is 41.3 Å². The number of nitrogens with two attached hydrogens (primary N) is 1. The highest BCUT2D eigenvalue weighted by molar-refractivity contribution is 6.09. The van der Waals surface area contributed by atoms with Crippen LogP contribution in [0.15, 0.2) is 66.7 Å². The van der Waals surface area contributed by atoms with E-state index in [1.165, 1.54) is 12.1 Å². The smallest absolute Gasteiger partial charge is 0.369 e. The zero-order valence-corrected chi connectivity index (χ0v) is 21.4. The van der Waals surface area contributed by atoms with Gasteiger partial charge in [-0.3, -0.25) is 14.5 Å². The van der Waals surface area contributed by atoms with Crippen molar-refractivity contribution in [2.24, 2.45) is 5.73 Å². The van der Waals surface area contributed by atoms with Gasteiger partial charge < -0.3 is 16.0 Å². The normalized spacial score (nSPS) is 14.5. The lowest BCUT2D eigenvalue weighted by molar-refractivity contribution is -0.137. The second-order valence-electron chi connectivity index (χ2n) is 9.73. The van der Waals surface area contributed by atoms with E-state index >= 15 is 0 Å². The maximum Gasteiger partial charge on any atom is 0.416 e. The summed E-state index contributed by atoms with van der Waals surface area (Å²) in [5.74, 6) is -0.614. The van der Waals surface area contributed by atoms with Crippen molar-refractivity contribution in [1.29, 1.82) is 0 Å². The van der Waals surface area contributed by atoms with Crippen LogP contribution in [-0.4, -0.2) is 49.4 Å². The van der Waals surface area contributed by atoms with Gasteiger partial charge >= 0.3 is 6.18 Å². The highest BCUT2D eigenvalue weighted by Gasteiger charge is 2.30. The summed E-state index contributed by atoms with van der Waals surface area (Å²) in [6.45, 7) is 7.22. The van der Waals surface area contributed by atoms with Crippen molar-refractivity contribution in [2.45, 2.75) is 25.9 Å². The van der Waals surface area contributed by atoms with Gasteiger partial charge in [0, 0.05) is 43.1 Å². The molecule has 38 heavy (non-hydrogen) atoms. The Bertz CT molecular complexity index is 1280. The molecule has 1 heterocycles. The maximum absolute atomic E-state index is 13.4. The van der Waals surface area contributed by atoms with Gasteiger partial charge in [0.1, 0.15) is 0 Å². The molecule has 200 valence electrons. The van der Waals surface area contributed by atoms with Crippen LogP contribution in [0.5, 0.6) is 0 Å². The van der Waals surface area contributed by atoms with Crippen LogP contribution in [0, 0.1) is 0 Å². The third kappa shape index (κ3) is 6.34. The Kier molecular flexibility index (Phi) is 8.06. The lowest BCUT2D eigenvalue weighted by Crippen LogP contribution is -2.48. The molecule has 3 aromatic rings. The summed E-state index contributed by atoms with van der Waals surface area (Å²) in [6.07, 6.45) is -4.43. The molecule has 0 unspecified atom stereocenters. The zero-order chi connectivity index (χ0) is 27.4. The standard InChI is InChI=1S/C29H31F3N4O2/c1-19(2)24-4-3-5-25(27(24)20-6-8-21(9-7-20)29(30,31)32)28(38)34-22-10-12-23(13-11-22)36-16-14-35(15-17-36)18-26(33)37/h3-13,19H,14-18H2,1-2H3,(H2,33,37)(H,34,38). The van der Waals surface area contributed by atoms with E-state index in [4.69, 9.17) is 5.73 Å². The van der Waals surface area contributed by atoms with Gasteiger partial charge in [0.05, 0.1) is 12.1 Å². The SMILES string of the molecule is CC(C)c1cccc(C(=O)Nc2ccc(N3CCN(CC(N)=O)CC3)cc2)c1-c1ccc(C(F)(F)F)cc1. The molecule has 1 saturated heterocycles. The van der Waals surface area contributed by atoms with Gasteiger partial charge in [0.15, 0.2) is 0 Å². The van der Waals surface area contributed by atoms with Crippen molar-refractivity contribution in [2.75, 3.05) is 42.9 Å². The fourth-order valence-electron chi connectivity index (χ4n) is 4.73. The molecular formula is C29H31F3N4O2. The number of carbonyl (C=O) groups excluding carboxylic acids is 2. The predicted octanol–water partition coefficient (Wildman–Crippen LogP) is 5.36. The zero-order valence-electron chi connectivity index (χ0n) is 21.4. The average Bonchev–Trinajstić information content (AvgIpc) is 2.88. The van der Waals surface area contributed by atoms with Crippen LogP contribution in [0.25, 0.3) is 11.1 Å². The van der Waals surface area contributed by atoms with E-state index in [0.29, 0.717) is 22.4 Å². The number of hydrogen-bond acceptors (Lipinski definition) is 4. The van der Waals surface area contributed by atoms with E-state index in [2.05, 4.69) is 10.2 Å². The minimum absolute atomic E-state index is 0.0581. The van der Waals surface area contributed by atoms with Crippen molar-refractivity contribution in [3.63, 3.8) is 0 Å². The van der Waals surface area contributed by atoms with Crippen molar-refractivity contribution < 1.29 is 22.8 Å². The number of benzene rings is 3. The molecule has 0 aromatic heterocycles. The first-order valence-corrected chi connectivity index (χ1v) is 12.5. The minimum atomic E-state index is -4.43. The number of alkyl halides is 3. The van der Waals surface area contributed by atoms with Gasteiger partial charge in [-0.25, -0.2) is 0 Å². The number of anilines is 2. The first-order valence-electron chi connectivity index (χ1n) is 12.5. The Hall–Kier alpha value is -3.85. The van der Waals surface area contributed by atoms with Crippen LogP contribution in [0.4, 0.5) is 24.5 Å². The molecule has 4 rings (SSSR count). The second kappa shape index (κ2) is 11.3. The van der Waals surface area contributed by atoms with Gasteiger partial charge in [0.25, 0.3) is 5.91 Å². The molecule has 9 heteroatoms. The number of hydrogen-bond donors (Lipinski definition) is 2. The van der Waals surface area contributed by atoms with E-state index < -0.39 is 11.7 Å². The molecule has 0 spiro atoms. The average molecular weight is 525 g/mol. The van der Waals surface area contributed by atoms with Crippen molar-refractivity contribution in [1.82, 2.24) is 4.90 Å². The number of nitrogens with zero attached hydrogens (tertiary/aromatic N) is 2. The number of amides is 2. The lowest BCUT2D eigenvalue weighted by Gasteiger charge is -2.35. The summed E-state index contributed by atoms with van der Waals surface area (Å²) in [4.78, 5) is 28.7. The number of nitrogens with one attached hydrogen (secondary N) is 1. The Balaban J connectivity index is 1.52. The van der Waals surface area contributed by atoms with Gasteiger partial charge in [-0.15, -0.1) is 0 Å². The van der Waals surface area contributed by atoms with E-state index in [-0.39, 0.29) is 24.3 Å². The van der Waals surface area contributed by atoms with Crippen molar-refractivity contribution in [3.05, 3.63) is 83.4 Å². The monoisotopic (exact) mass is 524 g/mol. The number of primary amides is 1. The lowest BCUT2D eigenvalue weighted by atomic mass is 9.88. The minimum Gasteiger partial charge on any atom is -0.369 e. The maximum atomic E-state index is 13.4. The number of halogens is 3. The van der Waals surface area contributed by atoms with Crippen LogP contribution in [0.2, 0.25) is 0 Å². The van der Waals surface area contributed by atoms with Gasteiger partial charge in [0.2, 0.25) is 5.91 Å². The molecule has 1 aliphatic heterocycles. The molecule has 0 bridgehead atoms. The molecule has 0 atom stereocenters. The predicted molar refractivity (Wildman–Crippen MR) is 143 cm³/mol. The molecule has 0 radical (unpaired) electrons. The summed E-state index contributed by atoms with van der Waals surface area (Å²) < 4.78 is 39.3. The van der Waals surface area contributed by atoms with Gasteiger partial charge in [-0.2, -0.15) is 13.2 Å². The third-order valence-corrected chi connectivity index (χ3v) is 6.71.